The van der Waals surface area contributed by atoms with Gasteiger partial charge in [-0.2, -0.15) is 0 Å². The zero-order chi connectivity index (χ0) is 14.6. The van der Waals surface area contributed by atoms with Crippen molar-refractivity contribution in [3.05, 3.63) is 30.3 Å². The number of amidine groups is 1. The Labute approximate surface area is 119 Å². The van der Waals surface area contributed by atoms with E-state index in [1.807, 2.05) is 30.3 Å². The number of anilines is 1. The largest absolute Gasteiger partial charge is 0.386 e. The van der Waals surface area contributed by atoms with E-state index in [4.69, 9.17) is 11.1 Å². The van der Waals surface area contributed by atoms with E-state index in [9.17, 15) is 4.79 Å². The van der Waals surface area contributed by atoms with Gasteiger partial charge in [0.25, 0.3) is 0 Å². The van der Waals surface area contributed by atoms with E-state index in [2.05, 4.69) is 17.6 Å². The van der Waals surface area contributed by atoms with Gasteiger partial charge in [0.2, 0.25) is 0 Å². The van der Waals surface area contributed by atoms with Crippen LogP contribution in [0.4, 0.5) is 10.5 Å². The molecular formula is C15H22N4O. The molecular weight excluding hydrogens is 252 g/mol. The van der Waals surface area contributed by atoms with Crippen LogP contribution in [0.1, 0.15) is 32.6 Å². The zero-order valence-corrected chi connectivity index (χ0v) is 11.8. The quantitative estimate of drug-likeness (QED) is 0.504. The Kier molecular flexibility index (Phi) is 4.27. The van der Waals surface area contributed by atoms with E-state index in [1.54, 1.807) is 0 Å². The minimum Gasteiger partial charge on any atom is -0.386 e. The maximum absolute atomic E-state index is 12.1. The second-order valence-corrected chi connectivity index (χ2v) is 5.62. The molecule has 0 spiro atoms. The average molecular weight is 274 g/mol. The lowest BCUT2D eigenvalue weighted by molar-refractivity contribution is 0.225. The van der Waals surface area contributed by atoms with Crippen LogP contribution in [0.2, 0.25) is 0 Å². The first-order valence-electron chi connectivity index (χ1n) is 7.00. The van der Waals surface area contributed by atoms with Gasteiger partial charge in [0.15, 0.2) is 0 Å². The Morgan fingerprint density at radius 3 is 2.45 bits per heavy atom. The SMILES string of the molecule is CC1CCC(NC(=O)Nc2ccccc2)(C(=N)N)CC1. The van der Waals surface area contributed by atoms with E-state index in [-0.39, 0.29) is 11.9 Å². The van der Waals surface area contributed by atoms with Crippen LogP contribution in [0.3, 0.4) is 0 Å². The fourth-order valence-corrected chi connectivity index (χ4v) is 2.62. The summed E-state index contributed by atoms with van der Waals surface area (Å²) in [5.74, 6) is 0.675. The number of carbonyl (C=O) groups is 1. The molecule has 1 aliphatic carbocycles. The number of hydrogen-bond donors (Lipinski definition) is 4. The summed E-state index contributed by atoms with van der Waals surface area (Å²) in [7, 11) is 0. The van der Waals surface area contributed by atoms with Crippen molar-refractivity contribution in [2.24, 2.45) is 11.7 Å². The van der Waals surface area contributed by atoms with Gasteiger partial charge in [-0.1, -0.05) is 25.1 Å². The maximum Gasteiger partial charge on any atom is 0.320 e. The lowest BCUT2D eigenvalue weighted by Crippen LogP contribution is -2.59. The third-order valence-electron chi connectivity index (χ3n) is 4.03. The normalized spacial score (nSPS) is 25.8. The van der Waals surface area contributed by atoms with Crippen molar-refractivity contribution in [2.45, 2.75) is 38.1 Å². The molecule has 1 saturated carbocycles. The van der Waals surface area contributed by atoms with Gasteiger partial charge in [0.05, 0.1) is 5.54 Å². The Balaban J connectivity index is 2.02. The molecule has 1 aromatic carbocycles. The zero-order valence-electron chi connectivity index (χ0n) is 11.8. The Morgan fingerprint density at radius 1 is 1.30 bits per heavy atom. The van der Waals surface area contributed by atoms with Crippen LogP contribution in [0, 0.1) is 11.3 Å². The molecule has 0 saturated heterocycles. The van der Waals surface area contributed by atoms with Crippen LogP contribution in [0.15, 0.2) is 30.3 Å². The number of hydrogen-bond acceptors (Lipinski definition) is 2. The number of nitrogens with one attached hydrogen (secondary N) is 3. The highest BCUT2D eigenvalue weighted by Gasteiger charge is 2.38. The molecule has 5 nitrogen and oxygen atoms in total. The number of carbonyl (C=O) groups excluding carboxylic acids is 1. The Hall–Kier alpha value is -2.04. The van der Waals surface area contributed by atoms with Gasteiger partial charge < -0.3 is 16.4 Å². The van der Waals surface area contributed by atoms with Crippen LogP contribution >= 0.6 is 0 Å². The Morgan fingerprint density at radius 2 is 1.90 bits per heavy atom. The van der Waals surface area contributed by atoms with Gasteiger partial charge in [0.1, 0.15) is 5.84 Å². The first-order chi connectivity index (χ1) is 9.52. The summed E-state index contributed by atoms with van der Waals surface area (Å²) < 4.78 is 0. The van der Waals surface area contributed by atoms with Crippen LogP contribution in [-0.2, 0) is 0 Å². The molecule has 0 heterocycles. The first kappa shape index (κ1) is 14.4. The van der Waals surface area contributed by atoms with Crippen molar-refractivity contribution in [3.63, 3.8) is 0 Å². The predicted octanol–water partition coefficient (Wildman–Crippen LogP) is 2.69. The minimum atomic E-state index is -0.689. The molecule has 0 atom stereocenters. The van der Waals surface area contributed by atoms with Gasteiger partial charge in [-0.25, -0.2) is 4.79 Å². The van der Waals surface area contributed by atoms with Gasteiger partial charge in [-0.3, -0.25) is 5.41 Å². The van der Waals surface area contributed by atoms with E-state index in [0.717, 1.165) is 31.4 Å². The third kappa shape index (κ3) is 3.29. The monoisotopic (exact) mass is 274 g/mol. The lowest BCUT2D eigenvalue weighted by Gasteiger charge is -2.39. The van der Waals surface area contributed by atoms with Gasteiger partial charge in [-0.05, 0) is 43.7 Å². The molecule has 1 fully saturated rings. The summed E-state index contributed by atoms with van der Waals surface area (Å²) >= 11 is 0. The summed E-state index contributed by atoms with van der Waals surface area (Å²) in [6, 6.07) is 8.95. The van der Waals surface area contributed by atoms with Crippen molar-refractivity contribution in [2.75, 3.05) is 5.32 Å². The summed E-state index contributed by atoms with van der Waals surface area (Å²) in [5, 5.41) is 13.5. The van der Waals surface area contributed by atoms with Crippen molar-refractivity contribution in [3.8, 4) is 0 Å². The maximum atomic E-state index is 12.1. The van der Waals surface area contributed by atoms with Crippen molar-refractivity contribution < 1.29 is 4.79 Å². The van der Waals surface area contributed by atoms with E-state index in [1.165, 1.54) is 0 Å². The van der Waals surface area contributed by atoms with Crippen LogP contribution in [0.25, 0.3) is 0 Å². The molecule has 5 heteroatoms. The van der Waals surface area contributed by atoms with Crippen molar-refractivity contribution in [1.29, 1.82) is 5.41 Å². The molecule has 1 aromatic rings. The molecule has 5 N–H and O–H groups in total. The summed E-state index contributed by atoms with van der Waals surface area (Å²) in [5.41, 5.74) is 5.77. The highest BCUT2D eigenvalue weighted by Crippen LogP contribution is 2.31. The molecule has 108 valence electrons. The predicted molar refractivity (Wildman–Crippen MR) is 80.9 cm³/mol. The molecule has 0 unspecified atom stereocenters. The molecule has 0 aromatic heterocycles. The number of urea groups is 1. The average Bonchev–Trinajstić information content (AvgIpc) is 2.42. The van der Waals surface area contributed by atoms with E-state index in [0.29, 0.717) is 5.92 Å². The highest BCUT2D eigenvalue weighted by atomic mass is 16.2. The number of nitrogens with two attached hydrogens (primary N) is 1. The molecule has 1 aliphatic rings. The minimum absolute atomic E-state index is 0.0487. The molecule has 0 bridgehead atoms. The van der Waals surface area contributed by atoms with Crippen LogP contribution in [-0.4, -0.2) is 17.4 Å². The standard InChI is InChI=1S/C15H22N4O/c1-11-7-9-15(10-8-11,13(16)17)19-14(20)18-12-5-3-2-4-6-12/h2-6,11H,7-10H2,1H3,(H3,16,17)(H2,18,19,20). The number of para-hydroxylation sites is 1. The first-order valence-corrected chi connectivity index (χ1v) is 7.00. The summed E-state index contributed by atoms with van der Waals surface area (Å²) in [6.07, 6.45) is 3.41. The number of benzene rings is 1. The molecule has 2 rings (SSSR count). The van der Waals surface area contributed by atoms with E-state index < -0.39 is 5.54 Å². The Bertz CT molecular complexity index is 478. The highest BCUT2D eigenvalue weighted by molar-refractivity contribution is 5.96. The molecule has 20 heavy (non-hydrogen) atoms. The van der Waals surface area contributed by atoms with Gasteiger partial charge in [0, 0.05) is 5.69 Å². The van der Waals surface area contributed by atoms with Gasteiger partial charge >= 0.3 is 6.03 Å². The second kappa shape index (κ2) is 5.94. The summed E-state index contributed by atoms with van der Waals surface area (Å²) in [6.45, 7) is 2.19. The van der Waals surface area contributed by atoms with Crippen LogP contribution < -0.4 is 16.4 Å². The lowest BCUT2D eigenvalue weighted by atomic mass is 9.76. The fraction of sp³-hybridized carbons (Fsp3) is 0.467. The van der Waals surface area contributed by atoms with Crippen molar-refractivity contribution >= 4 is 17.6 Å². The topological polar surface area (TPSA) is 91.0 Å². The third-order valence-corrected chi connectivity index (χ3v) is 4.03. The van der Waals surface area contributed by atoms with Crippen molar-refractivity contribution in [1.82, 2.24) is 5.32 Å². The fourth-order valence-electron chi connectivity index (χ4n) is 2.62. The smallest absolute Gasteiger partial charge is 0.320 e. The second-order valence-electron chi connectivity index (χ2n) is 5.62. The number of rotatable bonds is 3. The van der Waals surface area contributed by atoms with E-state index >= 15 is 0 Å². The summed E-state index contributed by atoms with van der Waals surface area (Å²) in [4.78, 5) is 12.1. The molecule has 2 amide bonds. The molecule has 0 radical (unpaired) electrons. The number of amides is 2. The molecule has 0 aliphatic heterocycles. The van der Waals surface area contributed by atoms with Crippen LogP contribution in [0.5, 0.6) is 0 Å². The van der Waals surface area contributed by atoms with Gasteiger partial charge in [-0.15, -0.1) is 0 Å².